The number of carbonyl (C=O) groups is 1. The molecule has 0 radical (unpaired) electrons. The fourth-order valence-corrected chi connectivity index (χ4v) is 1.93. The highest BCUT2D eigenvalue weighted by molar-refractivity contribution is 5.94. The third-order valence-electron chi connectivity index (χ3n) is 3.05. The molecule has 1 aromatic carbocycles. The van der Waals surface area contributed by atoms with E-state index in [2.05, 4.69) is 10.3 Å². The largest absolute Gasteiger partial charge is 0.394 e. The summed E-state index contributed by atoms with van der Waals surface area (Å²) in [6.45, 7) is 1.77. The van der Waals surface area contributed by atoms with E-state index in [1.54, 1.807) is 18.3 Å². The zero-order valence-corrected chi connectivity index (χ0v) is 11.4. The molecule has 0 saturated heterocycles. The first-order valence-electron chi connectivity index (χ1n) is 6.57. The molecule has 0 aliphatic heterocycles. The Morgan fingerprint density at radius 1 is 1.25 bits per heavy atom. The number of rotatable bonds is 5. The lowest BCUT2D eigenvalue weighted by Gasteiger charge is -2.16. The van der Waals surface area contributed by atoms with Crippen LogP contribution in [0.25, 0.3) is 0 Å². The first-order chi connectivity index (χ1) is 9.69. The van der Waals surface area contributed by atoms with Crippen molar-refractivity contribution >= 4 is 5.91 Å². The second-order valence-electron chi connectivity index (χ2n) is 4.73. The fraction of sp³-hybridized carbons (Fsp3) is 0.250. The number of pyridine rings is 1. The standard InChI is InChI=1S/C16H18N2O2/c1-12-7-8-14(10-17-12)16(20)18-15(11-19)9-13-5-3-2-4-6-13/h2-8,10,15,19H,9,11H2,1H3,(H,18,20). The van der Waals surface area contributed by atoms with Crippen molar-refractivity contribution in [1.29, 1.82) is 0 Å². The first-order valence-corrected chi connectivity index (χ1v) is 6.57. The summed E-state index contributed by atoms with van der Waals surface area (Å²) in [4.78, 5) is 16.1. The van der Waals surface area contributed by atoms with Crippen LogP contribution >= 0.6 is 0 Å². The van der Waals surface area contributed by atoms with E-state index in [0.29, 0.717) is 12.0 Å². The van der Waals surface area contributed by atoms with Gasteiger partial charge in [0.2, 0.25) is 0 Å². The van der Waals surface area contributed by atoms with Crippen LogP contribution in [0.4, 0.5) is 0 Å². The summed E-state index contributed by atoms with van der Waals surface area (Å²) in [7, 11) is 0. The minimum Gasteiger partial charge on any atom is -0.394 e. The minimum atomic E-state index is -0.300. The summed E-state index contributed by atoms with van der Waals surface area (Å²) >= 11 is 0. The van der Waals surface area contributed by atoms with Crippen molar-refractivity contribution in [2.24, 2.45) is 0 Å². The third kappa shape index (κ3) is 3.90. The van der Waals surface area contributed by atoms with Gasteiger partial charge in [0.1, 0.15) is 0 Å². The zero-order chi connectivity index (χ0) is 14.4. The molecule has 2 rings (SSSR count). The van der Waals surface area contributed by atoms with Crippen LogP contribution in [-0.4, -0.2) is 28.6 Å². The molecule has 0 aliphatic carbocycles. The molecule has 2 N–H and O–H groups in total. The van der Waals surface area contributed by atoms with E-state index in [0.717, 1.165) is 11.3 Å². The van der Waals surface area contributed by atoms with Gasteiger partial charge in [-0.05, 0) is 31.0 Å². The Balaban J connectivity index is 1.99. The van der Waals surface area contributed by atoms with Gasteiger partial charge < -0.3 is 10.4 Å². The quantitative estimate of drug-likeness (QED) is 0.869. The summed E-state index contributed by atoms with van der Waals surface area (Å²) < 4.78 is 0. The van der Waals surface area contributed by atoms with E-state index in [9.17, 15) is 9.90 Å². The van der Waals surface area contributed by atoms with E-state index in [4.69, 9.17) is 0 Å². The molecular weight excluding hydrogens is 252 g/mol. The fourth-order valence-electron chi connectivity index (χ4n) is 1.93. The summed E-state index contributed by atoms with van der Waals surface area (Å²) in [5.41, 5.74) is 2.44. The van der Waals surface area contributed by atoms with Gasteiger partial charge >= 0.3 is 0 Å². The van der Waals surface area contributed by atoms with Crippen LogP contribution in [0.15, 0.2) is 48.7 Å². The van der Waals surface area contributed by atoms with E-state index in [1.165, 1.54) is 0 Å². The molecule has 1 amide bonds. The molecule has 0 saturated carbocycles. The van der Waals surface area contributed by atoms with Crippen molar-refractivity contribution in [3.8, 4) is 0 Å². The van der Waals surface area contributed by atoms with E-state index < -0.39 is 0 Å². The molecule has 2 aromatic rings. The highest BCUT2D eigenvalue weighted by Crippen LogP contribution is 2.05. The summed E-state index contributed by atoms with van der Waals surface area (Å²) in [6.07, 6.45) is 2.14. The molecule has 1 heterocycles. The van der Waals surface area contributed by atoms with Crippen molar-refractivity contribution in [3.63, 3.8) is 0 Å². The maximum atomic E-state index is 12.1. The lowest BCUT2D eigenvalue weighted by molar-refractivity contribution is 0.0916. The van der Waals surface area contributed by atoms with Gasteiger partial charge in [0.05, 0.1) is 18.2 Å². The smallest absolute Gasteiger partial charge is 0.253 e. The van der Waals surface area contributed by atoms with Crippen molar-refractivity contribution in [2.75, 3.05) is 6.61 Å². The normalized spacial score (nSPS) is 11.9. The van der Waals surface area contributed by atoms with Gasteiger partial charge in [-0.2, -0.15) is 0 Å². The molecule has 0 bridgehead atoms. The number of aryl methyl sites for hydroxylation is 1. The van der Waals surface area contributed by atoms with Crippen LogP contribution in [-0.2, 0) is 6.42 Å². The van der Waals surface area contributed by atoms with Crippen LogP contribution < -0.4 is 5.32 Å². The van der Waals surface area contributed by atoms with Gasteiger partial charge in [-0.15, -0.1) is 0 Å². The van der Waals surface area contributed by atoms with Crippen LogP contribution in [0.5, 0.6) is 0 Å². The number of carbonyl (C=O) groups excluding carboxylic acids is 1. The number of aromatic nitrogens is 1. The summed E-state index contributed by atoms with van der Waals surface area (Å²) in [5, 5.41) is 12.2. The lowest BCUT2D eigenvalue weighted by Crippen LogP contribution is -2.39. The Bertz CT molecular complexity index is 552. The second-order valence-corrected chi connectivity index (χ2v) is 4.73. The topological polar surface area (TPSA) is 62.2 Å². The van der Waals surface area contributed by atoms with E-state index in [-0.39, 0.29) is 18.6 Å². The Hall–Kier alpha value is -2.20. The molecule has 1 atom stereocenters. The Kier molecular flexibility index (Phi) is 4.85. The predicted octanol–water partition coefficient (Wildman–Crippen LogP) is 1.72. The molecule has 0 fully saturated rings. The van der Waals surface area contributed by atoms with Gasteiger partial charge in [-0.25, -0.2) is 0 Å². The number of aliphatic hydroxyl groups excluding tert-OH is 1. The Morgan fingerprint density at radius 2 is 2.00 bits per heavy atom. The number of hydrogen-bond donors (Lipinski definition) is 2. The van der Waals surface area contributed by atoms with Crippen LogP contribution in [0.2, 0.25) is 0 Å². The van der Waals surface area contributed by atoms with Crippen molar-refractivity contribution in [2.45, 2.75) is 19.4 Å². The molecule has 1 aromatic heterocycles. The molecule has 0 aliphatic rings. The average molecular weight is 270 g/mol. The van der Waals surface area contributed by atoms with E-state index >= 15 is 0 Å². The third-order valence-corrected chi connectivity index (χ3v) is 3.05. The van der Waals surface area contributed by atoms with Crippen molar-refractivity contribution in [3.05, 3.63) is 65.5 Å². The summed E-state index contributed by atoms with van der Waals surface area (Å²) in [6, 6.07) is 13.0. The SMILES string of the molecule is Cc1ccc(C(=O)NC(CO)Cc2ccccc2)cn1. The lowest BCUT2D eigenvalue weighted by atomic mass is 10.1. The minimum absolute atomic E-state index is 0.0973. The molecular formula is C16H18N2O2. The van der Waals surface area contributed by atoms with Gasteiger partial charge in [0.15, 0.2) is 0 Å². The zero-order valence-electron chi connectivity index (χ0n) is 11.4. The molecule has 4 nitrogen and oxygen atoms in total. The first kappa shape index (κ1) is 14.2. The summed E-state index contributed by atoms with van der Waals surface area (Å²) in [5.74, 6) is -0.215. The monoisotopic (exact) mass is 270 g/mol. The number of benzene rings is 1. The molecule has 0 spiro atoms. The Labute approximate surface area is 118 Å². The average Bonchev–Trinajstić information content (AvgIpc) is 2.48. The van der Waals surface area contributed by atoms with Crippen molar-refractivity contribution in [1.82, 2.24) is 10.3 Å². The molecule has 104 valence electrons. The van der Waals surface area contributed by atoms with Gasteiger partial charge in [0.25, 0.3) is 5.91 Å². The maximum absolute atomic E-state index is 12.1. The van der Waals surface area contributed by atoms with Crippen LogP contribution in [0, 0.1) is 6.92 Å². The van der Waals surface area contributed by atoms with Crippen LogP contribution in [0.3, 0.4) is 0 Å². The number of amides is 1. The van der Waals surface area contributed by atoms with Crippen LogP contribution in [0.1, 0.15) is 21.6 Å². The van der Waals surface area contributed by atoms with Gasteiger partial charge in [0, 0.05) is 11.9 Å². The van der Waals surface area contributed by atoms with Gasteiger partial charge in [-0.3, -0.25) is 9.78 Å². The number of aliphatic hydroxyl groups is 1. The van der Waals surface area contributed by atoms with Crippen molar-refractivity contribution < 1.29 is 9.90 Å². The number of nitrogens with one attached hydrogen (secondary N) is 1. The maximum Gasteiger partial charge on any atom is 0.253 e. The van der Waals surface area contributed by atoms with E-state index in [1.807, 2.05) is 37.3 Å². The highest BCUT2D eigenvalue weighted by atomic mass is 16.3. The van der Waals surface area contributed by atoms with Gasteiger partial charge in [-0.1, -0.05) is 30.3 Å². The molecule has 20 heavy (non-hydrogen) atoms. The predicted molar refractivity (Wildman–Crippen MR) is 77.5 cm³/mol. The highest BCUT2D eigenvalue weighted by Gasteiger charge is 2.13. The number of nitrogens with zero attached hydrogens (tertiary/aromatic N) is 1. The molecule has 1 unspecified atom stereocenters. The Morgan fingerprint density at radius 3 is 2.60 bits per heavy atom. The molecule has 4 heteroatoms. The second kappa shape index (κ2) is 6.82. The number of hydrogen-bond acceptors (Lipinski definition) is 3.